The number of methoxy groups -OCH3 is 1. The standard InChI is InChI=1S/C26H40N4O4/c1-3-12-30(22-6-4-19-5-7-24(33-2)18-20(19)17-22)21-8-13-29(14-9-21)26(32)34-23-10-15-28(16-11-23)25(27)31/h5,7,18,21-23H,3-4,6,8-17H2,1-2H3,(H2,27,31). The second kappa shape index (κ2) is 11.3. The summed E-state index contributed by atoms with van der Waals surface area (Å²) in [4.78, 5) is 30.2. The van der Waals surface area contributed by atoms with Gasteiger partial charge in [0.1, 0.15) is 11.9 Å². The van der Waals surface area contributed by atoms with E-state index >= 15 is 0 Å². The van der Waals surface area contributed by atoms with Crippen LogP contribution in [0.5, 0.6) is 5.75 Å². The molecule has 3 amide bonds. The summed E-state index contributed by atoms with van der Waals surface area (Å²) in [7, 11) is 1.73. The third-order valence-corrected chi connectivity index (χ3v) is 7.78. The molecule has 0 bridgehead atoms. The largest absolute Gasteiger partial charge is 0.497 e. The van der Waals surface area contributed by atoms with Gasteiger partial charge in [-0.15, -0.1) is 0 Å². The number of hydrogen-bond donors (Lipinski definition) is 1. The SMILES string of the molecule is CCCN(C1CCN(C(=O)OC2CCN(C(N)=O)CC2)CC1)C1CCc2ccc(OC)cc2C1. The van der Waals surface area contributed by atoms with Crippen LogP contribution in [0.3, 0.4) is 0 Å². The average molecular weight is 473 g/mol. The molecule has 2 aliphatic heterocycles. The lowest BCUT2D eigenvalue weighted by Crippen LogP contribution is -2.52. The van der Waals surface area contributed by atoms with Gasteiger partial charge < -0.3 is 25.0 Å². The monoisotopic (exact) mass is 472 g/mol. The number of rotatable bonds is 6. The highest BCUT2D eigenvalue weighted by Crippen LogP contribution is 2.31. The van der Waals surface area contributed by atoms with E-state index in [2.05, 4.69) is 30.0 Å². The van der Waals surface area contributed by atoms with E-state index in [-0.39, 0.29) is 12.2 Å². The summed E-state index contributed by atoms with van der Waals surface area (Å²) in [6.45, 7) is 5.93. The first-order valence-electron chi connectivity index (χ1n) is 12.9. The first-order chi connectivity index (χ1) is 16.5. The lowest BCUT2D eigenvalue weighted by atomic mass is 9.86. The van der Waals surface area contributed by atoms with Crippen molar-refractivity contribution in [3.63, 3.8) is 0 Å². The molecule has 0 spiro atoms. The van der Waals surface area contributed by atoms with Crippen molar-refractivity contribution in [1.29, 1.82) is 0 Å². The van der Waals surface area contributed by atoms with E-state index in [0.29, 0.717) is 38.0 Å². The molecule has 0 radical (unpaired) electrons. The van der Waals surface area contributed by atoms with Crippen molar-refractivity contribution in [2.45, 2.75) is 76.5 Å². The molecular weight excluding hydrogens is 432 g/mol. The Morgan fingerprint density at radius 1 is 1.00 bits per heavy atom. The molecule has 4 rings (SSSR count). The summed E-state index contributed by atoms with van der Waals surface area (Å²) in [6.07, 6.45) is 7.44. The number of likely N-dealkylation sites (tertiary alicyclic amines) is 2. The number of primary amides is 1. The third kappa shape index (κ3) is 5.77. The van der Waals surface area contributed by atoms with Gasteiger partial charge in [-0.05, 0) is 68.3 Å². The predicted molar refractivity (Wildman–Crippen MR) is 131 cm³/mol. The van der Waals surface area contributed by atoms with Gasteiger partial charge in [-0.2, -0.15) is 0 Å². The van der Waals surface area contributed by atoms with Gasteiger partial charge >= 0.3 is 12.1 Å². The van der Waals surface area contributed by atoms with Gasteiger partial charge in [-0.3, -0.25) is 4.90 Å². The van der Waals surface area contributed by atoms with Crippen LogP contribution in [0, 0.1) is 0 Å². The maximum atomic E-state index is 12.8. The Kier molecular flexibility index (Phi) is 8.19. The number of urea groups is 1. The fourth-order valence-corrected chi connectivity index (χ4v) is 5.84. The van der Waals surface area contributed by atoms with Gasteiger partial charge in [0, 0.05) is 51.1 Å². The van der Waals surface area contributed by atoms with Gasteiger partial charge in [-0.1, -0.05) is 13.0 Å². The van der Waals surface area contributed by atoms with Gasteiger partial charge in [-0.25, -0.2) is 9.59 Å². The maximum Gasteiger partial charge on any atom is 0.410 e. The van der Waals surface area contributed by atoms with E-state index in [4.69, 9.17) is 15.2 Å². The van der Waals surface area contributed by atoms with Crippen LogP contribution in [-0.2, 0) is 17.6 Å². The first kappa shape index (κ1) is 24.6. The molecule has 2 saturated heterocycles. The smallest absolute Gasteiger partial charge is 0.410 e. The van der Waals surface area contributed by atoms with Crippen molar-refractivity contribution in [1.82, 2.24) is 14.7 Å². The number of amides is 3. The maximum absolute atomic E-state index is 12.8. The van der Waals surface area contributed by atoms with Gasteiger partial charge in [0.2, 0.25) is 0 Å². The molecule has 34 heavy (non-hydrogen) atoms. The molecule has 1 aliphatic carbocycles. The second-order valence-corrected chi connectivity index (χ2v) is 9.90. The first-order valence-corrected chi connectivity index (χ1v) is 12.9. The molecule has 2 fully saturated rings. The quantitative estimate of drug-likeness (QED) is 0.686. The third-order valence-electron chi connectivity index (χ3n) is 7.78. The number of carbonyl (C=O) groups is 2. The number of aryl methyl sites for hydroxylation is 1. The Bertz CT molecular complexity index is 847. The molecular formula is C26H40N4O4. The Morgan fingerprint density at radius 3 is 2.35 bits per heavy atom. The van der Waals surface area contributed by atoms with Gasteiger partial charge in [0.15, 0.2) is 0 Å². The van der Waals surface area contributed by atoms with Crippen molar-refractivity contribution in [3.8, 4) is 5.75 Å². The minimum atomic E-state index is -0.399. The second-order valence-electron chi connectivity index (χ2n) is 9.90. The van der Waals surface area contributed by atoms with E-state index in [1.165, 1.54) is 17.5 Å². The predicted octanol–water partition coefficient (Wildman–Crippen LogP) is 3.41. The van der Waals surface area contributed by atoms with Crippen LogP contribution < -0.4 is 10.5 Å². The topological polar surface area (TPSA) is 88.3 Å². The number of piperidine rings is 2. The lowest BCUT2D eigenvalue weighted by molar-refractivity contribution is 0.0192. The van der Waals surface area contributed by atoms with Crippen molar-refractivity contribution in [3.05, 3.63) is 29.3 Å². The molecule has 2 N–H and O–H groups in total. The summed E-state index contributed by atoms with van der Waals surface area (Å²) < 4.78 is 11.2. The Labute approximate surface area is 203 Å². The van der Waals surface area contributed by atoms with Gasteiger partial charge in [0.05, 0.1) is 7.11 Å². The molecule has 0 aromatic heterocycles. The van der Waals surface area contributed by atoms with Crippen molar-refractivity contribution in [2.24, 2.45) is 5.73 Å². The number of hydrogen-bond acceptors (Lipinski definition) is 5. The molecule has 1 aromatic rings. The molecule has 1 unspecified atom stereocenters. The van der Waals surface area contributed by atoms with Crippen LogP contribution in [0.25, 0.3) is 0 Å². The highest BCUT2D eigenvalue weighted by atomic mass is 16.6. The minimum Gasteiger partial charge on any atom is -0.497 e. The number of nitrogens with zero attached hydrogens (tertiary/aromatic N) is 3. The normalized spacial score (nSPS) is 21.9. The van der Waals surface area contributed by atoms with E-state index in [1.54, 1.807) is 12.0 Å². The number of carbonyl (C=O) groups excluding carboxylic acids is 2. The fraction of sp³-hybridized carbons (Fsp3) is 0.692. The Balaban J connectivity index is 1.29. The molecule has 3 aliphatic rings. The van der Waals surface area contributed by atoms with E-state index in [9.17, 15) is 9.59 Å². The van der Waals surface area contributed by atoms with Crippen LogP contribution in [0.1, 0.15) is 56.6 Å². The Morgan fingerprint density at radius 2 is 1.71 bits per heavy atom. The highest BCUT2D eigenvalue weighted by molar-refractivity contribution is 5.72. The fourth-order valence-electron chi connectivity index (χ4n) is 5.84. The summed E-state index contributed by atoms with van der Waals surface area (Å²) in [5.74, 6) is 0.938. The lowest BCUT2D eigenvalue weighted by Gasteiger charge is -2.44. The van der Waals surface area contributed by atoms with E-state index in [0.717, 1.165) is 57.5 Å². The van der Waals surface area contributed by atoms with E-state index < -0.39 is 6.03 Å². The minimum absolute atomic E-state index is 0.128. The van der Waals surface area contributed by atoms with Crippen LogP contribution in [0.2, 0.25) is 0 Å². The molecule has 8 nitrogen and oxygen atoms in total. The zero-order valence-corrected chi connectivity index (χ0v) is 20.7. The summed E-state index contributed by atoms with van der Waals surface area (Å²) in [5.41, 5.74) is 8.21. The number of nitrogens with two attached hydrogens (primary N) is 1. The molecule has 1 atom stereocenters. The molecule has 1 aromatic carbocycles. The number of ether oxygens (including phenoxy) is 2. The van der Waals surface area contributed by atoms with Crippen molar-refractivity contribution < 1.29 is 19.1 Å². The Hall–Kier alpha value is -2.48. The highest BCUT2D eigenvalue weighted by Gasteiger charge is 2.34. The summed E-state index contributed by atoms with van der Waals surface area (Å²) in [6, 6.07) is 7.13. The summed E-state index contributed by atoms with van der Waals surface area (Å²) in [5, 5.41) is 0. The molecule has 8 heteroatoms. The zero-order chi connectivity index (χ0) is 24.1. The van der Waals surface area contributed by atoms with Crippen LogP contribution in [0.15, 0.2) is 18.2 Å². The number of benzene rings is 1. The molecule has 188 valence electrons. The van der Waals surface area contributed by atoms with Crippen LogP contribution >= 0.6 is 0 Å². The average Bonchev–Trinajstić information content (AvgIpc) is 2.87. The van der Waals surface area contributed by atoms with Crippen LogP contribution in [-0.4, -0.2) is 84.8 Å². The van der Waals surface area contributed by atoms with Crippen LogP contribution in [0.4, 0.5) is 9.59 Å². The van der Waals surface area contributed by atoms with Crippen molar-refractivity contribution in [2.75, 3.05) is 39.8 Å². The summed E-state index contributed by atoms with van der Waals surface area (Å²) >= 11 is 0. The van der Waals surface area contributed by atoms with Gasteiger partial charge in [0.25, 0.3) is 0 Å². The number of fused-ring (bicyclic) bond motifs is 1. The molecule has 0 saturated carbocycles. The molecule has 2 heterocycles. The van der Waals surface area contributed by atoms with Crippen molar-refractivity contribution >= 4 is 12.1 Å². The van der Waals surface area contributed by atoms with E-state index in [1.807, 2.05) is 4.90 Å². The zero-order valence-electron chi connectivity index (χ0n) is 20.7.